The van der Waals surface area contributed by atoms with E-state index in [-0.39, 0.29) is 0 Å². The van der Waals surface area contributed by atoms with E-state index in [2.05, 4.69) is 34.0 Å². The predicted octanol–water partition coefficient (Wildman–Crippen LogP) is 0.844. The molecule has 0 amide bonds. The fraction of sp³-hybridized carbons (Fsp3) is 0.643. The van der Waals surface area contributed by atoms with Crippen LogP contribution in [0.4, 0.5) is 0 Å². The van der Waals surface area contributed by atoms with Gasteiger partial charge in [0.25, 0.3) is 0 Å². The average Bonchev–Trinajstić information content (AvgIpc) is 2.59. The molecule has 98 valence electrons. The maximum absolute atomic E-state index is 5.75. The molecule has 0 N–H and O–H groups in total. The Bertz CT molecular complexity index is 384. The molecule has 2 aliphatic rings. The molecule has 2 saturated heterocycles. The first kappa shape index (κ1) is 12.1. The van der Waals surface area contributed by atoms with E-state index < -0.39 is 0 Å². The highest BCUT2D eigenvalue weighted by molar-refractivity contribution is 5.09. The van der Waals surface area contributed by atoms with Crippen molar-refractivity contribution in [2.75, 3.05) is 39.9 Å². The minimum absolute atomic E-state index is 0.541. The van der Waals surface area contributed by atoms with Crippen LogP contribution in [0.3, 0.4) is 0 Å². The van der Waals surface area contributed by atoms with Crippen molar-refractivity contribution < 1.29 is 4.74 Å². The number of ether oxygens (including phenoxy) is 1. The van der Waals surface area contributed by atoms with E-state index in [0.29, 0.717) is 12.0 Å². The average molecular weight is 247 g/mol. The van der Waals surface area contributed by atoms with Crippen LogP contribution in [0.1, 0.15) is 5.56 Å². The monoisotopic (exact) mass is 247 g/mol. The largest absolute Gasteiger partial charge is 0.379 e. The van der Waals surface area contributed by atoms with E-state index in [9.17, 15) is 0 Å². The molecule has 0 aromatic carbocycles. The number of hydrogen-bond acceptors (Lipinski definition) is 4. The molecule has 3 heterocycles. The summed E-state index contributed by atoms with van der Waals surface area (Å²) in [5.74, 6) is 0.643. The molecule has 0 aliphatic carbocycles. The lowest BCUT2D eigenvalue weighted by Crippen LogP contribution is -2.41. The summed E-state index contributed by atoms with van der Waals surface area (Å²) < 4.78 is 5.75. The molecule has 2 fully saturated rings. The number of aromatic nitrogens is 1. The van der Waals surface area contributed by atoms with Crippen molar-refractivity contribution in [3.63, 3.8) is 0 Å². The molecular weight excluding hydrogens is 226 g/mol. The Hall–Kier alpha value is -0.970. The highest BCUT2D eigenvalue weighted by Crippen LogP contribution is 2.19. The van der Waals surface area contributed by atoms with Gasteiger partial charge in [-0.3, -0.25) is 14.8 Å². The zero-order valence-electron chi connectivity index (χ0n) is 11.0. The van der Waals surface area contributed by atoms with Crippen LogP contribution in [0.2, 0.25) is 0 Å². The first-order valence-electron chi connectivity index (χ1n) is 6.70. The van der Waals surface area contributed by atoms with Crippen molar-refractivity contribution in [3.8, 4) is 0 Å². The molecule has 0 saturated carbocycles. The number of nitrogens with zero attached hydrogens (tertiary/aromatic N) is 3. The van der Waals surface area contributed by atoms with Gasteiger partial charge in [0.1, 0.15) is 0 Å². The van der Waals surface area contributed by atoms with Crippen LogP contribution in [-0.2, 0) is 11.3 Å². The fourth-order valence-corrected chi connectivity index (χ4v) is 3.02. The van der Waals surface area contributed by atoms with Crippen LogP contribution in [-0.4, -0.2) is 60.7 Å². The maximum atomic E-state index is 5.75. The number of hydrogen-bond donors (Lipinski definition) is 0. The molecule has 2 atom stereocenters. The van der Waals surface area contributed by atoms with Gasteiger partial charge in [-0.1, -0.05) is 0 Å². The lowest BCUT2D eigenvalue weighted by molar-refractivity contribution is 0.0516. The van der Waals surface area contributed by atoms with Gasteiger partial charge >= 0.3 is 0 Å². The lowest BCUT2D eigenvalue weighted by Gasteiger charge is -2.29. The second-order valence-electron chi connectivity index (χ2n) is 5.55. The Kier molecular flexibility index (Phi) is 3.59. The van der Waals surface area contributed by atoms with E-state index in [1.165, 1.54) is 5.56 Å². The number of fused-ring (bicyclic) bond motifs is 3. The Labute approximate surface area is 109 Å². The standard InChI is InChI=1S/C14H21N3O/c1-16-6-13-8-17(9-14(16)11-18-10-13)7-12-2-4-15-5-3-12/h2-5,13-14H,6-11H2,1H3/t13-,14+/m1/s1. The third kappa shape index (κ3) is 2.71. The van der Waals surface area contributed by atoms with Gasteiger partial charge in [0.05, 0.1) is 13.2 Å². The van der Waals surface area contributed by atoms with Gasteiger partial charge in [0.2, 0.25) is 0 Å². The van der Waals surface area contributed by atoms with Gasteiger partial charge in [-0.05, 0) is 24.7 Å². The van der Waals surface area contributed by atoms with Crippen molar-refractivity contribution in [3.05, 3.63) is 30.1 Å². The Balaban J connectivity index is 1.70. The van der Waals surface area contributed by atoms with Gasteiger partial charge in [0.15, 0.2) is 0 Å². The second-order valence-corrected chi connectivity index (χ2v) is 5.55. The van der Waals surface area contributed by atoms with E-state index in [1.54, 1.807) is 0 Å². The molecule has 2 bridgehead atoms. The molecule has 0 radical (unpaired) electrons. The van der Waals surface area contributed by atoms with Crippen molar-refractivity contribution >= 4 is 0 Å². The molecule has 2 aliphatic heterocycles. The molecule has 0 spiro atoms. The Morgan fingerprint density at radius 1 is 1.22 bits per heavy atom. The van der Waals surface area contributed by atoms with E-state index in [1.807, 2.05) is 12.4 Å². The van der Waals surface area contributed by atoms with E-state index in [0.717, 1.165) is 39.4 Å². The smallest absolute Gasteiger partial charge is 0.0634 e. The summed E-state index contributed by atoms with van der Waals surface area (Å²) in [5.41, 5.74) is 1.36. The molecule has 4 nitrogen and oxygen atoms in total. The van der Waals surface area contributed by atoms with Gasteiger partial charge < -0.3 is 4.74 Å². The normalized spacial score (nSPS) is 30.1. The van der Waals surface area contributed by atoms with Crippen LogP contribution in [0.25, 0.3) is 0 Å². The third-order valence-electron chi connectivity index (χ3n) is 3.97. The van der Waals surface area contributed by atoms with E-state index in [4.69, 9.17) is 4.74 Å². The first-order valence-corrected chi connectivity index (χ1v) is 6.70. The summed E-state index contributed by atoms with van der Waals surface area (Å²) in [6, 6.07) is 4.77. The van der Waals surface area contributed by atoms with Gasteiger partial charge in [-0.25, -0.2) is 0 Å². The zero-order chi connectivity index (χ0) is 12.4. The predicted molar refractivity (Wildman–Crippen MR) is 70.2 cm³/mol. The van der Waals surface area contributed by atoms with Gasteiger partial charge in [-0.15, -0.1) is 0 Å². The molecule has 18 heavy (non-hydrogen) atoms. The Morgan fingerprint density at radius 3 is 2.89 bits per heavy atom. The highest BCUT2D eigenvalue weighted by Gasteiger charge is 2.31. The molecule has 1 aromatic rings. The summed E-state index contributed by atoms with van der Waals surface area (Å²) in [4.78, 5) is 9.11. The zero-order valence-corrected chi connectivity index (χ0v) is 11.0. The molecule has 3 rings (SSSR count). The van der Waals surface area contributed by atoms with Crippen LogP contribution in [0.5, 0.6) is 0 Å². The van der Waals surface area contributed by atoms with Crippen LogP contribution in [0.15, 0.2) is 24.5 Å². The number of likely N-dealkylation sites (N-methyl/N-ethyl adjacent to an activating group) is 1. The second kappa shape index (κ2) is 5.34. The summed E-state index contributed by atoms with van der Waals surface area (Å²) in [7, 11) is 2.22. The van der Waals surface area contributed by atoms with Crippen molar-refractivity contribution in [1.29, 1.82) is 0 Å². The van der Waals surface area contributed by atoms with E-state index >= 15 is 0 Å². The Morgan fingerprint density at radius 2 is 2.06 bits per heavy atom. The van der Waals surface area contributed by atoms with Crippen LogP contribution in [0, 0.1) is 5.92 Å². The van der Waals surface area contributed by atoms with Crippen molar-refractivity contribution in [2.45, 2.75) is 12.6 Å². The molecule has 4 heteroatoms. The summed E-state index contributed by atoms with van der Waals surface area (Å²) in [5, 5.41) is 0. The minimum Gasteiger partial charge on any atom is -0.379 e. The summed E-state index contributed by atoms with van der Waals surface area (Å²) in [6.45, 7) is 6.23. The first-order chi connectivity index (χ1) is 8.81. The molecule has 1 aromatic heterocycles. The summed E-state index contributed by atoms with van der Waals surface area (Å²) >= 11 is 0. The SMILES string of the molecule is CN1C[C@H]2COC[C@@H]1CN(Cc1ccncc1)C2. The fourth-order valence-electron chi connectivity index (χ4n) is 3.02. The number of pyridine rings is 1. The van der Waals surface area contributed by atoms with Gasteiger partial charge in [-0.2, -0.15) is 0 Å². The van der Waals surface area contributed by atoms with Crippen molar-refractivity contribution in [1.82, 2.24) is 14.8 Å². The van der Waals surface area contributed by atoms with Crippen LogP contribution >= 0.6 is 0 Å². The van der Waals surface area contributed by atoms with Crippen molar-refractivity contribution in [2.24, 2.45) is 5.92 Å². The summed E-state index contributed by atoms with van der Waals surface area (Å²) in [6.07, 6.45) is 3.76. The van der Waals surface area contributed by atoms with Gasteiger partial charge in [0, 0.05) is 50.5 Å². The molecular formula is C14H21N3O. The maximum Gasteiger partial charge on any atom is 0.0634 e. The minimum atomic E-state index is 0.541. The molecule has 0 unspecified atom stereocenters. The highest BCUT2D eigenvalue weighted by atomic mass is 16.5. The number of rotatable bonds is 2. The quantitative estimate of drug-likeness (QED) is 0.774. The third-order valence-corrected chi connectivity index (χ3v) is 3.97. The topological polar surface area (TPSA) is 28.6 Å². The lowest BCUT2D eigenvalue weighted by atomic mass is 10.1. The van der Waals surface area contributed by atoms with Crippen LogP contribution < -0.4 is 0 Å².